The molecule has 0 saturated carbocycles. The Kier molecular flexibility index (Phi) is 5.61. The Bertz CT molecular complexity index is 1280. The van der Waals surface area contributed by atoms with Gasteiger partial charge in [0.15, 0.2) is 10.8 Å². The molecular formula is C21H18ClN5O2S. The Labute approximate surface area is 181 Å². The summed E-state index contributed by atoms with van der Waals surface area (Å²) in [7, 11) is 0. The fourth-order valence-corrected chi connectivity index (χ4v) is 3.90. The smallest absolute Gasteiger partial charge is 0.262 e. The molecule has 1 amide bonds. The number of thioether (sulfide) groups is 1. The molecule has 9 heteroatoms. The van der Waals surface area contributed by atoms with Crippen LogP contribution in [0.1, 0.15) is 11.1 Å². The fourth-order valence-electron chi connectivity index (χ4n) is 3.12. The summed E-state index contributed by atoms with van der Waals surface area (Å²) in [6.07, 6.45) is 1.47. The summed E-state index contributed by atoms with van der Waals surface area (Å²) < 4.78 is 1.57. The molecule has 2 heterocycles. The zero-order valence-electron chi connectivity index (χ0n) is 16.3. The monoisotopic (exact) mass is 439 g/mol. The van der Waals surface area contributed by atoms with Crippen LogP contribution in [-0.2, 0) is 4.79 Å². The molecule has 4 aromatic rings. The number of carbonyl (C=O) groups excluding carboxylic acids is 1. The number of carbonyl (C=O) groups is 1. The zero-order chi connectivity index (χ0) is 21.3. The highest BCUT2D eigenvalue weighted by Crippen LogP contribution is 2.20. The second-order valence-corrected chi connectivity index (χ2v) is 8.25. The van der Waals surface area contributed by atoms with E-state index < -0.39 is 0 Å². The third kappa shape index (κ3) is 4.39. The van der Waals surface area contributed by atoms with Gasteiger partial charge in [-0.3, -0.25) is 9.59 Å². The maximum Gasteiger partial charge on any atom is 0.262 e. The van der Waals surface area contributed by atoms with Gasteiger partial charge in [-0.05, 0) is 61.4 Å². The van der Waals surface area contributed by atoms with Crippen molar-refractivity contribution in [2.24, 2.45) is 0 Å². The third-order valence-corrected chi connectivity index (χ3v) is 5.46. The van der Waals surface area contributed by atoms with Crippen molar-refractivity contribution < 1.29 is 4.79 Å². The zero-order valence-corrected chi connectivity index (χ0v) is 17.8. The first-order chi connectivity index (χ1) is 14.4. The number of aromatic amines is 1. The van der Waals surface area contributed by atoms with Gasteiger partial charge in [0.25, 0.3) is 5.56 Å². The lowest BCUT2D eigenvalue weighted by Crippen LogP contribution is -2.16. The van der Waals surface area contributed by atoms with Gasteiger partial charge in [-0.1, -0.05) is 29.4 Å². The van der Waals surface area contributed by atoms with E-state index in [4.69, 9.17) is 11.6 Å². The molecule has 0 unspecified atom stereocenters. The number of H-pyrrole nitrogens is 1. The first kappa shape index (κ1) is 20.2. The quantitative estimate of drug-likeness (QED) is 0.360. The number of fused-ring (bicyclic) bond motifs is 1. The second-order valence-electron chi connectivity index (χ2n) is 6.85. The fraction of sp³-hybridized carbons (Fsp3) is 0.143. The molecule has 0 atom stereocenters. The summed E-state index contributed by atoms with van der Waals surface area (Å²) in [6, 6.07) is 12.9. The minimum Gasteiger partial charge on any atom is -0.325 e. The van der Waals surface area contributed by atoms with Gasteiger partial charge < -0.3 is 10.3 Å². The molecule has 0 aliphatic heterocycles. The summed E-state index contributed by atoms with van der Waals surface area (Å²) in [5, 5.41) is 8.46. The summed E-state index contributed by atoms with van der Waals surface area (Å²) in [6.45, 7) is 3.95. The number of benzene rings is 2. The van der Waals surface area contributed by atoms with Gasteiger partial charge in [-0.25, -0.2) is 9.67 Å². The number of amides is 1. The number of nitrogens with zero attached hydrogens (tertiary/aromatic N) is 3. The van der Waals surface area contributed by atoms with Crippen LogP contribution >= 0.6 is 23.4 Å². The van der Waals surface area contributed by atoms with Gasteiger partial charge in [0, 0.05) is 10.7 Å². The standard InChI is InChI=1S/C21H18ClN5O2S/c1-12-7-13(2)9-15(8-12)24-18(28)11-30-21-25-19-17(20(29)26-21)10-23-27(19)16-5-3-14(22)4-6-16/h3-10H,11H2,1-2H3,(H,24,28)(H,25,26,29). The first-order valence-corrected chi connectivity index (χ1v) is 10.5. The van der Waals surface area contributed by atoms with Crippen LogP contribution in [0.2, 0.25) is 5.02 Å². The molecule has 2 N–H and O–H groups in total. The minimum atomic E-state index is -0.308. The lowest BCUT2D eigenvalue weighted by atomic mass is 10.1. The van der Waals surface area contributed by atoms with Crippen LogP contribution in [0.15, 0.2) is 58.6 Å². The van der Waals surface area contributed by atoms with Crippen LogP contribution in [0, 0.1) is 13.8 Å². The molecule has 30 heavy (non-hydrogen) atoms. The third-order valence-electron chi connectivity index (χ3n) is 4.33. The Morgan fingerprint density at radius 2 is 1.87 bits per heavy atom. The van der Waals surface area contributed by atoms with Crippen LogP contribution in [0.3, 0.4) is 0 Å². The van der Waals surface area contributed by atoms with Gasteiger partial charge in [0.2, 0.25) is 5.91 Å². The van der Waals surface area contributed by atoms with E-state index in [9.17, 15) is 9.59 Å². The largest absolute Gasteiger partial charge is 0.325 e. The lowest BCUT2D eigenvalue weighted by molar-refractivity contribution is -0.113. The van der Waals surface area contributed by atoms with Crippen molar-refractivity contribution in [2.75, 3.05) is 11.1 Å². The summed E-state index contributed by atoms with van der Waals surface area (Å²) >= 11 is 7.10. The van der Waals surface area contributed by atoms with Gasteiger partial charge in [0.05, 0.1) is 17.6 Å². The Hall–Kier alpha value is -3.10. The molecule has 0 fully saturated rings. The molecule has 0 aliphatic carbocycles. The van der Waals surface area contributed by atoms with E-state index in [2.05, 4.69) is 20.4 Å². The number of anilines is 1. The summed E-state index contributed by atoms with van der Waals surface area (Å²) in [4.78, 5) is 32.0. The number of aromatic nitrogens is 4. The van der Waals surface area contributed by atoms with E-state index in [0.29, 0.717) is 21.2 Å². The molecule has 2 aromatic carbocycles. The average molecular weight is 440 g/mol. The van der Waals surface area contributed by atoms with Crippen LogP contribution < -0.4 is 10.9 Å². The molecular weight excluding hydrogens is 422 g/mol. The maximum atomic E-state index is 12.4. The highest BCUT2D eigenvalue weighted by molar-refractivity contribution is 7.99. The molecule has 4 rings (SSSR count). The Balaban J connectivity index is 1.54. The maximum absolute atomic E-state index is 12.4. The van der Waals surface area contributed by atoms with E-state index >= 15 is 0 Å². The SMILES string of the molecule is Cc1cc(C)cc(NC(=O)CSc2nc3c(cnn3-c3ccc(Cl)cc3)c(=O)[nH]2)c1. The topological polar surface area (TPSA) is 92.7 Å². The average Bonchev–Trinajstić information content (AvgIpc) is 3.11. The molecule has 0 bridgehead atoms. The molecule has 0 radical (unpaired) electrons. The Morgan fingerprint density at radius 3 is 2.57 bits per heavy atom. The normalized spacial score (nSPS) is 11.0. The van der Waals surface area contributed by atoms with Crippen molar-refractivity contribution in [3.8, 4) is 5.69 Å². The molecule has 7 nitrogen and oxygen atoms in total. The molecule has 0 aliphatic rings. The van der Waals surface area contributed by atoms with E-state index in [1.165, 1.54) is 6.20 Å². The van der Waals surface area contributed by atoms with E-state index in [1.807, 2.05) is 32.0 Å². The predicted molar refractivity (Wildman–Crippen MR) is 120 cm³/mol. The van der Waals surface area contributed by atoms with Crippen molar-refractivity contribution in [1.82, 2.24) is 19.7 Å². The summed E-state index contributed by atoms with van der Waals surface area (Å²) in [5.41, 5.74) is 3.73. The van der Waals surface area contributed by atoms with Gasteiger partial charge in [0.1, 0.15) is 5.39 Å². The van der Waals surface area contributed by atoms with Crippen LogP contribution in [0.25, 0.3) is 16.7 Å². The summed E-state index contributed by atoms with van der Waals surface area (Å²) in [5.74, 6) is -0.0739. The number of hydrogen-bond donors (Lipinski definition) is 2. The predicted octanol–water partition coefficient (Wildman–Crippen LogP) is 4.11. The molecule has 0 spiro atoms. The lowest BCUT2D eigenvalue weighted by Gasteiger charge is -2.08. The number of rotatable bonds is 5. The first-order valence-electron chi connectivity index (χ1n) is 9.14. The minimum absolute atomic E-state index is 0.108. The number of halogens is 1. The van der Waals surface area contributed by atoms with Crippen molar-refractivity contribution >= 4 is 46.0 Å². The van der Waals surface area contributed by atoms with Crippen molar-refractivity contribution in [2.45, 2.75) is 19.0 Å². The van der Waals surface area contributed by atoms with E-state index in [1.54, 1.807) is 28.9 Å². The van der Waals surface area contributed by atoms with Crippen molar-refractivity contribution in [3.05, 3.63) is 75.2 Å². The molecule has 0 saturated heterocycles. The van der Waals surface area contributed by atoms with Crippen LogP contribution in [0.5, 0.6) is 0 Å². The number of hydrogen-bond acceptors (Lipinski definition) is 5. The Morgan fingerprint density at radius 1 is 1.17 bits per heavy atom. The van der Waals surface area contributed by atoms with Crippen LogP contribution in [0.4, 0.5) is 5.69 Å². The van der Waals surface area contributed by atoms with Gasteiger partial charge >= 0.3 is 0 Å². The highest BCUT2D eigenvalue weighted by atomic mass is 35.5. The van der Waals surface area contributed by atoms with Gasteiger partial charge in [-0.15, -0.1) is 0 Å². The molecule has 152 valence electrons. The highest BCUT2D eigenvalue weighted by Gasteiger charge is 2.13. The van der Waals surface area contributed by atoms with Crippen molar-refractivity contribution in [3.63, 3.8) is 0 Å². The van der Waals surface area contributed by atoms with E-state index in [-0.39, 0.29) is 17.2 Å². The van der Waals surface area contributed by atoms with Crippen molar-refractivity contribution in [1.29, 1.82) is 0 Å². The second kappa shape index (κ2) is 8.33. The number of aryl methyl sites for hydroxylation is 2. The van der Waals surface area contributed by atoms with Crippen LogP contribution in [-0.4, -0.2) is 31.4 Å². The van der Waals surface area contributed by atoms with Gasteiger partial charge in [-0.2, -0.15) is 5.10 Å². The molecule has 2 aromatic heterocycles. The van der Waals surface area contributed by atoms with E-state index in [0.717, 1.165) is 34.3 Å². The number of nitrogens with one attached hydrogen (secondary N) is 2.